The van der Waals surface area contributed by atoms with Gasteiger partial charge in [0.05, 0.1) is 11.0 Å². The molecule has 0 saturated carbocycles. The highest BCUT2D eigenvalue weighted by molar-refractivity contribution is 5.80. The molecule has 0 radical (unpaired) electrons. The number of ether oxygens (including phenoxy) is 1. The van der Waals surface area contributed by atoms with Crippen molar-refractivity contribution in [2.24, 2.45) is 0 Å². The van der Waals surface area contributed by atoms with Gasteiger partial charge in [0.1, 0.15) is 0 Å². The van der Waals surface area contributed by atoms with Crippen LogP contribution in [0.3, 0.4) is 0 Å². The normalized spacial score (nSPS) is 10.7. The molecule has 90 valence electrons. The van der Waals surface area contributed by atoms with Crippen LogP contribution in [0.2, 0.25) is 0 Å². The lowest BCUT2D eigenvalue weighted by atomic mass is 10.2. The summed E-state index contributed by atoms with van der Waals surface area (Å²) in [5.74, 6) is -0.0144. The maximum atomic E-state index is 10.9. The Morgan fingerprint density at radius 1 is 1.53 bits per heavy atom. The van der Waals surface area contributed by atoms with Crippen molar-refractivity contribution in [3.8, 4) is 5.88 Å². The second-order valence-electron chi connectivity index (χ2n) is 3.81. The summed E-state index contributed by atoms with van der Waals surface area (Å²) in [6.07, 6.45) is 2.82. The third kappa shape index (κ3) is 2.62. The van der Waals surface area contributed by atoms with E-state index in [0.29, 0.717) is 5.88 Å². The molecule has 0 atom stereocenters. The fourth-order valence-corrected chi connectivity index (χ4v) is 1.69. The van der Waals surface area contributed by atoms with Crippen molar-refractivity contribution in [3.05, 3.63) is 23.9 Å². The highest BCUT2D eigenvalue weighted by Crippen LogP contribution is 2.20. The monoisotopic (exact) mass is 233 g/mol. The first kappa shape index (κ1) is 11.6. The topological polar surface area (TPSA) is 67.0 Å². The number of carbonyl (C=O) groups excluding carboxylic acids is 1. The van der Waals surface area contributed by atoms with Gasteiger partial charge >= 0.3 is 5.97 Å². The summed E-state index contributed by atoms with van der Waals surface area (Å²) in [5, 5.41) is 3.09. The minimum atomic E-state index is -0.357. The van der Waals surface area contributed by atoms with Crippen LogP contribution in [0.15, 0.2) is 18.3 Å². The molecular formula is C12H15N3O2. The van der Waals surface area contributed by atoms with Crippen molar-refractivity contribution in [2.75, 3.05) is 13.6 Å². The number of aromatic nitrogens is 2. The number of hydrogen-bond donors (Lipinski definition) is 2. The van der Waals surface area contributed by atoms with Crippen LogP contribution in [-0.2, 0) is 11.2 Å². The number of carbonyl (C=O) groups is 1. The third-order valence-electron chi connectivity index (χ3n) is 2.47. The molecule has 2 heterocycles. The Labute approximate surface area is 99.2 Å². The van der Waals surface area contributed by atoms with Crippen LogP contribution in [0, 0.1) is 0 Å². The van der Waals surface area contributed by atoms with Crippen LogP contribution < -0.4 is 10.1 Å². The van der Waals surface area contributed by atoms with Gasteiger partial charge in [-0.25, -0.2) is 4.98 Å². The number of esters is 1. The van der Waals surface area contributed by atoms with Crippen molar-refractivity contribution >= 4 is 17.0 Å². The molecule has 0 aromatic carbocycles. The molecule has 0 aliphatic heterocycles. The zero-order valence-electron chi connectivity index (χ0n) is 9.91. The second kappa shape index (κ2) is 4.97. The van der Waals surface area contributed by atoms with Crippen LogP contribution in [0.1, 0.15) is 12.5 Å². The van der Waals surface area contributed by atoms with E-state index in [1.54, 1.807) is 6.07 Å². The van der Waals surface area contributed by atoms with Crippen LogP contribution in [0.25, 0.3) is 11.0 Å². The molecule has 2 N–H and O–H groups in total. The summed E-state index contributed by atoms with van der Waals surface area (Å²) < 4.78 is 4.97. The van der Waals surface area contributed by atoms with E-state index in [9.17, 15) is 4.79 Å². The first-order chi connectivity index (χ1) is 8.20. The lowest BCUT2D eigenvalue weighted by Gasteiger charge is -2.01. The summed E-state index contributed by atoms with van der Waals surface area (Å²) >= 11 is 0. The smallest absolute Gasteiger partial charge is 0.309 e. The quantitative estimate of drug-likeness (QED) is 0.780. The van der Waals surface area contributed by atoms with Crippen LogP contribution in [-0.4, -0.2) is 29.5 Å². The number of H-pyrrole nitrogens is 1. The number of hydrogen-bond acceptors (Lipinski definition) is 4. The molecule has 0 aliphatic carbocycles. The molecule has 0 spiro atoms. The number of likely N-dealkylation sites (N-methyl/N-ethyl adjacent to an activating group) is 1. The SMILES string of the molecule is CNCCc1c[nH]c2ccc(OC(C)=O)nc12. The van der Waals surface area contributed by atoms with Gasteiger partial charge < -0.3 is 15.0 Å². The summed E-state index contributed by atoms with van der Waals surface area (Å²) in [7, 11) is 1.91. The Morgan fingerprint density at radius 2 is 2.35 bits per heavy atom. The Kier molecular flexibility index (Phi) is 3.39. The summed E-state index contributed by atoms with van der Waals surface area (Å²) in [4.78, 5) is 18.3. The molecule has 0 saturated heterocycles. The van der Waals surface area contributed by atoms with E-state index >= 15 is 0 Å². The molecule has 0 amide bonds. The van der Waals surface area contributed by atoms with Crippen molar-refractivity contribution in [1.82, 2.24) is 15.3 Å². The van der Waals surface area contributed by atoms with Crippen LogP contribution >= 0.6 is 0 Å². The predicted molar refractivity (Wildman–Crippen MR) is 65.0 cm³/mol. The van der Waals surface area contributed by atoms with Crippen molar-refractivity contribution in [2.45, 2.75) is 13.3 Å². The van der Waals surface area contributed by atoms with Gasteiger partial charge in [0.2, 0.25) is 5.88 Å². The van der Waals surface area contributed by atoms with Crippen molar-refractivity contribution < 1.29 is 9.53 Å². The Morgan fingerprint density at radius 3 is 3.06 bits per heavy atom. The molecule has 0 aliphatic rings. The summed E-state index contributed by atoms with van der Waals surface area (Å²) in [5.41, 5.74) is 2.93. The Balaban J connectivity index is 2.32. The fourth-order valence-electron chi connectivity index (χ4n) is 1.69. The van der Waals surface area contributed by atoms with Gasteiger partial charge in [-0.05, 0) is 31.6 Å². The standard InChI is InChI=1S/C12H15N3O2/c1-8(16)17-11-4-3-10-12(15-11)9(7-14-10)5-6-13-2/h3-4,7,13-14H,5-6H2,1-2H3. The lowest BCUT2D eigenvalue weighted by molar-refractivity contribution is -0.132. The lowest BCUT2D eigenvalue weighted by Crippen LogP contribution is -2.10. The first-order valence-corrected chi connectivity index (χ1v) is 5.50. The van der Waals surface area contributed by atoms with Crippen molar-refractivity contribution in [3.63, 3.8) is 0 Å². The second-order valence-corrected chi connectivity index (χ2v) is 3.81. The van der Waals surface area contributed by atoms with Gasteiger partial charge in [-0.2, -0.15) is 0 Å². The number of nitrogens with zero attached hydrogens (tertiary/aromatic N) is 1. The molecule has 0 fully saturated rings. The molecule has 0 unspecified atom stereocenters. The van der Waals surface area contributed by atoms with Gasteiger partial charge in [-0.3, -0.25) is 4.79 Å². The number of pyridine rings is 1. The van der Waals surface area contributed by atoms with Gasteiger partial charge in [0.25, 0.3) is 0 Å². The number of aromatic amines is 1. The van der Waals surface area contributed by atoms with E-state index in [-0.39, 0.29) is 5.97 Å². The summed E-state index contributed by atoms with van der Waals surface area (Å²) in [6, 6.07) is 3.55. The van der Waals surface area contributed by atoms with E-state index in [0.717, 1.165) is 29.6 Å². The number of rotatable bonds is 4. The number of fused-ring (bicyclic) bond motifs is 1. The molecule has 17 heavy (non-hydrogen) atoms. The molecule has 2 aromatic rings. The maximum Gasteiger partial charge on any atom is 0.309 e. The van der Waals surface area contributed by atoms with E-state index in [1.807, 2.05) is 19.3 Å². The van der Waals surface area contributed by atoms with Crippen molar-refractivity contribution in [1.29, 1.82) is 0 Å². The molecule has 0 bridgehead atoms. The highest BCUT2D eigenvalue weighted by atomic mass is 16.5. The van der Waals surface area contributed by atoms with Gasteiger partial charge in [-0.1, -0.05) is 0 Å². The Hall–Kier alpha value is -1.88. The van der Waals surface area contributed by atoms with E-state index in [4.69, 9.17) is 4.74 Å². The van der Waals surface area contributed by atoms with Crippen LogP contribution in [0.4, 0.5) is 0 Å². The Bertz CT molecular complexity index is 534. The molecule has 2 aromatic heterocycles. The predicted octanol–water partition coefficient (Wildman–Crippen LogP) is 1.25. The minimum Gasteiger partial charge on any atom is -0.408 e. The third-order valence-corrected chi connectivity index (χ3v) is 2.47. The van der Waals surface area contributed by atoms with Crippen LogP contribution in [0.5, 0.6) is 5.88 Å². The first-order valence-electron chi connectivity index (χ1n) is 5.50. The van der Waals surface area contributed by atoms with E-state index in [1.165, 1.54) is 6.92 Å². The molecule has 2 rings (SSSR count). The summed E-state index contributed by atoms with van der Waals surface area (Å²) in [6.45, 7) is 2.25. The maximum absolute atomic E-state index is 10.9. The zero-order valence-corrected chi connectivity index (χ0v) is 9.91. The number of nitrogens with one attached hydrogen (secondary N) is 2. The van der Waals surface area contributed by atoms with E-state index < -0.39 is 0 Å². The average molecular weight is 233 g/mol. The van der Waals surface area contributed by atoms with Gasteiger partial charge in [0.15, 0.2) is 0 Å². The molecular weight excluding hydrogens is 218 g/mol. The fraction of sp³-hybridized carbons (Fsp3) is 0.333. The largest absolute Gasteiger partial charge is 0.408 e. The average Bonchev–Trinajstić information content (AvgIpc) is 2.68. The van der Waals surface area contributed by atoms with E-state index in [2.05, 4.69) is 15.3 Å². The minimum absolute atomic E-state index is 0.343. The van der Waals surface area contributed by atoms with Gasteiger partial charge in [0, 0.05) is 19.2 Å². The van der Waals surface area contributed by atoms with Gasteiger partial charge in [-0.15, -0.1) is 0 Å². The molecule has 5 nitrogen and oxygen atoms in total. The highest BCUT2D eigenvalue weighted by Gasteiger charge is 2.07. The zero-order chi connectivity index (χ0) is 12.3. The molecule has 5 heteroatoms.